The molecule has 0 N–H and O–H groups in total. The standard InChI is InChI=1S/C34H22O/c1-3-11-23(12-4-1)32-22-26-21-25(19-20-31(26)35-32)34-29-17-9-7-15-27(29)33(24-13-5-2-6-14-24)28-16-8-10-18-30(28)34/h1-22H/i1D,3D,4D,7D,9D,11D,12D,15D,17D. The van der Waals surface area contributed by atoms with Crippen LogP contribution in [0.25, 0.3) is 66.1 Å². The molecule has 0 fully saturated rings. The van der Waals surface area contributed by atoms with E-state index in [0.717, 1.165) is 21.9 Å². The van der Waals surface area contributed by atoms with E-state index >= 15 is 0 Å². The van der Waals surface area contributed by atoms with Gasteiger partial charge in [0, 0.05) is 10.9 Å². The van der Waals surface area contributed by atoms with E-state index in [1.165, 1.54) is 0 Å². The van der Waals surface area contributed by atoms with Gasteiger partial charge >= 0.3 is 0 Å². The zero-order valence-corrected chi connectivity index (χ0v) is 18.4. The summed E-state index contributed by atoms with van der Waals surface area (Å²) in [6.45, 7) is 0. The third kappa shape index (κ3) is 3.25. The van der Waals surface area contributed by atoms with Gasteiger partial charge in [-0.25, -0.2) is 0 Å². The fourth-order valence-electron chi connectivity index (χ4n) is 4.78. The minimum absolute atomic E-state index is 0.0361. The molecule has 0 amide bonds. The molecular formula is C34H22O. The van der Waals surface area contributed by atoms with Gasteiger partial charge in [0.05, 0.1) is 12.3 Å². The summed E-state index contributed by atoms with van der Waals surface area (Å²) in [5.41, 5.74) is 3.27. The van der Waals surface area contributed by atoms with Gasteiger partial charge in [-0.15, -0.1) is 0 Å². The van der Waals surface area contributed by atoms with Gasteiger partial charge in [-0.3, -0.25) is 0 Å². The highest BCUT2D eigenvalue weighted by Gasteiger charge is 2.17. The predicted octanol–water partition coefficient (Wildman–Crippen LogP) is 9.74. The quantitative estimate of drug-likeness (QED) is 0.242. The number of furan rings is 1. The molecular weight excluding hydrogens is 424 g/mol. The molecule has 0 aliphatic rings. The molecule has 0 radical (unpaired) electrons. The maximum absolute atomic E-state index is 9.03. The van der Waals surface area contributed by atoms with Crippen molar-refractivity contribution >= 4 is 32.5 Å². The molecule has 1 nitrogen and oxygen atoms in total. The Hall–Kier alpha value is -4.62. The zero-order valence-electron chi connectivity index (χ0n) is 27.4. The van der Waals surface area contributed by atoms with E-state index in [0.29, 0.717) is 32.9 Å². The molecule has 1 heterocycles. The van der Waals surface area contributed by atoms with E-state index in [-0.39, 0.29) is 47.6 Å². The second kappa shape index (κ2) is 8.00. The van der Waals surface area contributed by atoms with Gasteiger partial charge in [0.15, 0.2) is 0 Å². The van der Waals surface area contributed by atoms with Crippen molar-refractivity contribution in [1.82, 2.24) is 0 Å². The van der Waals surface area contributed by atoms with Crippen LogP contribution in [-0.4, -0.2) is 0 Å². The smallest absolute Gasteiger partial charge is 0.135 e. The van der Waals surface area contributed by atoms with Gasteiger partial charge in [0.25, 0.3) is 0 Å². The molecule has 1 heteroatoms. The van der Waals surface area contributed by atoms with E-state index in [4.69, 9.17) is 16.8 Å². The second-order valence-corrected chi connectivity index (χ2v) is 8.27. The summed E-state index contributed by atoms with van der Waals surface area (Å²) < 4.78 is 81.8. The van der Waals surface area contributed by atoms with Crippen molar-refractivity contribution in [3.8, 4) is 33.6 Å². The van der Waals surface area contributed by atoms with E-state index in [1.807, 2.05) is 66.7 Å². The number of hydrogen-bond donors (Lipinski definition) is 0. The van der Waals surface area contributed by atoms with Crippen LogP contribution in [-0.2, 0) is 0 Å². The molecule has 7 aromatic rings. The minimum atomic E-state index is -0.482. The van der Waals surface area contributed by atoms with Crippen molar-refractivity contribution in [2.75, 3.05) is 0 Å². The first kappa shape index (κ1) is 12.7. The Bertz CT molecular complexity index is 2300. The lowest BCUT2D eigenvalue weighted by atomic mass is 9.86. The van der Waals surface area contributed by atoms with Crippen LogP contribution >= 0.6 is 0 Å². The molecule has 0 saturated heterocycles. The topological polar surface area (TPSA) is 13.1 Å². The summed E-state index contributed by atoms with van der Waals surface area (Å²) in [6.07, 6.45) is 0. The van der Waals surface area contributed by atoms with Gasteiger partial charge in [0.1, 0.15) is 11.3 Å². The first-order valence-corrected chi connectivity index (χ1v) is 11.2. The number of fused-ring (bicyclic) bond motifs is 3. The van der Waals surface area contributed by atoms with Crippen molar-refractivity contribution in [2.24, 2.45) is 0 Å². The largest absolute Gasteiger partial charge is 0.456 e. The van der Waals surface area contributed by atoms with Gasteiger partial charge in [-0.2, -0.15) is 0 Å². The third-order valence-electron chi connectivity index (χ3n) is 6.27. The van der Waals surface area contributed by atoms with Crippen LogP contribution in [0.15, 0.2) is 138 Å². The van der Waals surface area contributed by atoms with E-state index in [9.17, 15) is 0 Å². The van der Waals surface area contributed by atoms with Gasteiger partial charge in [-0.05, 0) is 62.0 Å². The van der Waals surface area contributed by atoms with Crippen molar-refractivity contribution in [1.29, 1.82) is 0 Å². The van der Waals surface area contributed by atoms with Crippen LogP contribution in [0, 0.1) is 0 Å². The summed E-state index contributed by atoms with van der Waals surface area (Å²) >= 11 is 0. The van der Waals surface area contributed by atoms with Crippen LogP contribution in [0.5, 0.6) is 0 Å². The maximum Gasteiger partial charge on any atom is 0.135 e. The third-order valence-corrected chi connectivity index (χ3v) is 6.27. The Kier molecular flexibility index (Phi) is 2.91. The van der Waals surface area contributed by atoms with Crippen molar-refractivity contribution in [3.05, 3.63) is 133 Å². The number of benzene rings is 6. The number of hydrogen-bond acceptors (Lipinski definition) is 1. The SMILES string of the molecule is [2H]c1c([2H])c([2H])c(-c2cc3cc(-c4c5ccccc5c(-c5ccccc5)c5c([2H])c([2H])c([2H])c([2H])c45)ccc3o2)c([2H])c1[2H]. The van der Waals surface area contributed by atoms with Gasteiger partial charge < -0.3 is 4.42 Å². The molecule has 164 valence electrons. The summed E-state index contributed by atoms with van der Waals surface area (Å²) in [5, 5.41) is 3.05. The molecule has 1 aromatic heterocycles. The molecule has 0 bridgehead atoms. The molecule has 35 heavy (non-hydrogen) atoms. The van der Waals surface area contributed by atoms with Crippen LogP contribution in [0.1, 0.15) is 12.3 Å². The summed E-state index contributed by atoms with van der Waals surface area (Å²) in [5.74, 6) is 0.130. The summed E-state index contributed by atoms with van der Waals surface area (Å²) in [6, 6.07) is 21.2. The van der Waals surface area contributed by atoms with E-state index in [2.05, 4.69) is 0 Å². The molecule has 0 saturated carbocycles. The van der Waals surface area contributed by atoms with Crippen molar-refractivity contribution in [2.45, 2.75) is 0 Å². The molecule has 0 aliphatic carbocycles. The van der Waals surface area contributed by atoms with Crippen LogP contribution < -0.4 is 0 Å². The van der Waals surface area contributed by atoms with Crippen LogP contribution in [0.4, 0.5) is 0 Å². The average Bonchev–Trinajstić information content (AvgIpc) is 3.46. The molecule has 0 spiro atoms. The molecule has 0 aliphatic heterocycles. The van der Waals surface area contributed by atoms with Crippen molar-refractivity contribution < 1.29 is 16.8 Å². The first-order valence-electron chi connectivity index (χ1n) is 15.7. The molecule has 0 unspecified atom stereocenters. The van der Waals surface area contributed by atoms with Crippen LogP contribution in [0.2, 0.25) is 0 Å². The lowest BCUT2D eigenvalue weighted by Gasteiger charge is -2.17. The average molecular weight is 456 g/mol. The highest BCUT2D eigenvalue weighted by Crippen LogP contribution is 2.44. The predicted molar refractivity (Wildman–Crippen MR) is 148 cm³/mol. The molecule has 0 atom stereocenters. The lowest BCUT2D eigenvalue weighted by molar-refractivity contribution is 0.631. The second-order valence-electron chi connectivity index (χ2n) is 8.27. The molecule has 7 rings (SSSR count). The van der Waals surface area contributed by atoms with E-state index in [1.54, 1.807) is 12.1 Å². The Morgan fingerprint density at radius 1 is 0.486 bits per heavy atom. The fourth-order valence-corrected chi connectivity index (χ4v) is 4.78. The van der Waals surface area contributed by atoms with Gasteiger partial charge in [-0.1, -0.05) is 115 Å². The fraction of sp³-hybridized carbons (Fsp3) is 0. The highest BCUT2D eigenvalue weighted by atomic mass is 16.3. The monoisotopic (exact) mass is 455 g/mol. The normalized spacial score (nSPS) is 15.0. The summed E-state index contributed by atoms with van der Waals surface area (Å²) in [7, 11) is 0. The highest BCUT2D eigenvalue weighted by molar-refractivity contribution is 6.21. The Balaban J connectivity index is 1.57. The Morgan fingerprint density at radius 2 is 1.11 bits per heavy atom. The van der Waals surface area contributed by atoms with Crippen molar-refractivity contribution in [3.63, 3.8) is 0 Å². The molecule has 6 aromatic carbocycles. The number of rotatable bonds is 3. The van der Waals surface area contributed by atoms with E-state index < -0.39 is 18.1 Å². The first-order chi connectivity index (χ1) is 21.1. The Morgan fingerprint density at radius 3 is 1.83 bits per heavy atom. The van der Waals surface area contributed by atoms with Gasteiger partial charge in [0.2, 0.25) is 0 Å². The van der Waals surface area contributed by atoms with Crippen LogP contribution in [0.3, 0.4) is 0 Å². The minimum Gasteiger partial charge on any atom is -0.456 e. The zero-order chi connectivity index (χ0) is 31.0. The maximum atomic E-state index is 9.03. The Labute approximate surface area is 216 Å². The summed E-state index contributed by atoms with van der Waals surface area (Å²) in [4.78, 5) is 0. The lowest BCUT2D eigenvalue weighted by Crippen LogP contribution is -1.90.